The van der Waals surface area contributed by atoms with Crippen LogP contribution in [-0.2, 0) is 6.54 Å². The Balaban J connectivity index is 2.01. The first kappa shape index (κ1) is 18.3. The predicted molar refractivity (Wildman–Crippen MR) is 106 cm³/mol. The third-order valence-corrected chi connectivity index (χ3v) is 4.05. The van der Waals surface area contributed by atoms with E-state index in [4.69, 9.17) is 17.0 Å². The number of ether oxygens (including phenoxy) is 1. The van der Waals surface area contributed by atoms with Crippen molar-refractivity contribution in [1.82, 2.24) is 4.90 Å². The molecular weight excluding hydrogens is 316 g/mol. The van der Waals surface area contributed by atoms with Gasteiger partial charge in [0.05, 0.1) is 6.61 Å². The topological polar surface area (TPSA) is 24.5 Å². The lowest BCUT2D eigenvalue weighted by molar-refractivity contribution is 0.340. The molecule has 2 aromatic rings. The molecule has 0 aliphatic heterocycles. The van der Waals surface area contributed by atoms with E-state index in [-0.39, 0.29) is 0 Å². The quantitative estimate of drug-likeness (QED) is 0.716. The number of anilines is 1. The zero-order chi connectivity index (χ0) is 17.4. The Morgan fingerprint density at radius 1 is 1.04 bits per heavy atom. The van der Waals surface area contributed by atoms with Gasteiger partial charge in [0, 0.05) is 18.8 Å². The third-order valence-electron chi connectivity index (χ3n) is 3.69. The highest BCUT2D eigenvalue weighted by Crippen LogP contribution is 2.17. The highest BCUT2D eigenvalue weighted by Gasteiger charge is 2.10. The van der Waals surface area contributed by atoms with Gasteiger partial charge in [-0.15, -0.1) is 0 Å². The molecule has 24 heavy (non-hydrogen) atoms. The summed E-state index contributed by atoms with van der Waals surface area (Å²) in [6.45, 7) is 8.67. The molecule has 1 N–H and O–H groups in total. The summed E-state index contributed by atoms with van der Waals surface area (Å²) in [7, 11) is 0. The van der Waals surface area contributed by atoms with E-state index in [0.717, 1.165) is 36.1 Å². The smallest absolute Gasteiger partial charge is 0.173 e. The van der Waals surface area contributed by atoms with Crippen molar-refractivity contribution in [3.8, 4) is 5.75 Å². The maximum Gasteiger partial charge on any atom is 0.173 e. The van der Waals surface area contributed by atoms with Gasteiger partial charge in [-0.3, -0.25) is 0 Å². The first-order chi connectivity index (χ1) is 11.6. The van der Waals surface area contributed by atoms with E-state index in [1.54, 1.807) is 0 Å². The third kappa shape index (κ3) is 5.53. The fourth-order valence-corrected chi connectivity index (χ4v) is 2.71. The van der Waals surface area contributed by atoms with E-state index < -0.39 is 0 Å². The number of benzene rings is 2. The molecule has 2 rings (SSSR count). The fraction of sp³-hybridized carbons (Fsp3) is 0.350. The molecule has 0 unspecified atom stereocenters. The lowest BCUT2D eigenvalue weighted by atomic mass is 10.1. The van der Waals surface area contributed by atoms with E-state index in [1.165, 1.54) is 11.1 Å². The molecule has 4 heteroatoms. The number of rotatable bonds is 7. The van der Waals surface area contributed by atoms with Gasteiger partial charge in [-0.1, -0.05) is 36.8 Å². The van der Waals surface area contributed by atoms with Crippen molar-refractivity contribution in [3.63, 3.8) is 0 Å². The van der Waals surface area contributed by atoms with Crippen LogP contribution in [0.4, 0.5) is 5.69 Å². The number of thiocarbonyl (C=S) groups is 1. The molecule has 0 aliphatic carbocycles. The van der Waals surface area contributed by atoms with Gasteiger partial charge >= 0.3 is 0 Å². The van der Waals surface area contributed by atoms with Crippen LogP contribution in [0.2, 0.25) is 0 Å². The van der Waals surface area contributed by atoms with Crippen LogP contribution in [0.3, 0.4) is 0 Å². The van der Waals surface area contributed by atoms with Crippen molar-refractivity contribution in [3.05, 3.63) is 59.7 Å². The molecule has 0 atom stereocenters. The molecule has 128 valence electrons. The van der Waals surface area contributed by atoms with Crippen LogP contribution in [0.1, 0.15) is 31.4 Å². The number of hydrogen-bond donors (Lipinski definition) is 1. The summed E-state index contributed by atoms with van der Waals surface area (Å²) in [5.74, 6) is 0.874. The largest absolute Gasteiger partial charge is 0.494 e. The van der Waals surface area contributed by atoms with Crippen LogP contribution in [0.5, 0.6) is 5.75 Å². The summed E-state index contributed by atoms with van der Waals surface area (Å²) in [5.41, 5.74) is 3.52. The summed E-state index contributed by atoms with van der Waals surface area (Å²) in [6, 6.07) is 16.5. The molecular formula is C20H26N2OS. The maximum atomic E-state index is 5.62. The standard InChI is InChI=1S/C20H26N2OS/c1-4-14-22(15-17-8-6-16(3)7-9-17)20(24)21-18-10-12-19(13-11-18)23-5-2/h6-13H,4-5,14-15H2,1-3H3,(H,21,24). The summed E-state index contributed by atoms with van der Waals surface area (Å²) < 4.78 is 5.47. The van der Waals surface area contributed by atoms with Gasteiger partial charge in [0.15, 0.2) is 5.11 Å². The van der Waals surface area contributed by atoms with Crippen molar-refractivity contribution >= 4 is 23.0 Å². The number of hydrogen-bond acceptors (Lipinski definition) is 2. The number of nitrogens with zero attached hydrogens (tertiary/aromatic N) is 1. The van der Waals surface area contributed by atoms with Gasteiger partial charge in [-0.2, -0.15) is 0 Å². The lowest BCUT2D eigenvalue weighted by Gasteiger charge is -2.25. The molecule has 3 nitrogen and oxygen atoms in total. The number of nitrogens with one attached hydrogen (secondary N) is 1. The van der Waals surface area contributed by atoms with Crippen molar-refractivity contribution in [1.29, 1.82) is 0 Å². The van der Waals surface area contributed by atoms with Gasteiger partial charge < -0.3 is 15.0 Å². The Morgan fingerprint density at radius 3 is 2.29 bits per heavy atom. The Hall–Kier alpha value is -2.07. The van der Waals surface area contributed by atoms with Crippen molar-refractivity contribution in [2.45, 2.75) is 33.7 Å². The first-order valence-corrected chi connectivity index (χ1v) is 8.87. The van der Waals surface area contributed by atoms with Crippen molar-refractivity contribution in [2.24, 2.45) is 0 Å². The SMILES string of the molecule is CCCN(Cc1ccc(C)cc1)C(=S)Nc1ccc(OCC)cc1. The van der Waals surface area contributed by atoms with E-state index in [2.05, 4.69) is 48.3 Å². The maximum absolute atomic E-state index is 5.62. The minimum absolute atomic E-state index is 0.673. The van der Waals surface area contributed by atoms with Crippen molar-refractivity contribution in [2.75, 3.05) is 18.5 Å². The zero-order valence-corrected chi connectivity index (χ0v) is 15.5. The molecule has 0 radical (unpaired) electrons. The summed E-state index contributed by atoms with van der Waals surface area (Å²) in [6.07, 6.45) is 1.05. The molecule has 0 aliphatic rings. The second kappa shape index (κ2) is 9.28. The van der Waals surface area contributed by atoms with Gasteiger partial charge in [0.25, 0.3) is 0 Å². The van der Waals surface area contributed by atoms with Gasteiger partial charge in [0.2, 0.25) is 0 Å². The minimum atomic E-state index is 0.673. The minimum Gasteiger partial charge on any atom is -0.494 e. The van der Waals surface area contributed by atoms with Crippen LogP contribution in [-0.4, -0.2) is 23.2 Å². The molecule has 0 heterocycles. The normalized spacial score (nSPS) is 10.3. The van der Waals surface area contributed by atoms with Gasteiger partial charge in [-0.05, 0) is 62.3 Å². The Labute approximate surface area is 150 Å². The summed E-state index contributed by atoms with van der Waals surface area (Å²) >= 11 is 5.62. The zero-order valence-electron chi connectivity index (χ0n) is 14.7. The molecule has 0 fully saturated rings. The van der Waals surface area contributed by atoms with E-state index in [1.807, 2.05) is 31.2 Å². The van der Waals surface area contributed by atoms with Crippen LogP contribution >= 0.6 is 12.2 Å². The molecule has 0 bridgehead atoms. The first-order valence-electron chi connectivity index (χ1n) is 8.46. The summed E-state index contributed by atoms with van der Waals surface area (Å²) in [5, 5.41) is 4.08. The van der Waals surface area contributed by atoms with Gasteiger partial charge in [-0.25, -0.2) is 0 Å². The molecule has 0 amide bonds. The lowest BCUT2D eigenvalue weighted by Crippen LogP contribution is -2.34. The second-order valence-electron chi connectivity index (χ2n) is 5.79. The monoisotopic (exact) mass is 342 g/mol. The molecule has 0 aromatic heterocycles. The van der Waals surface area contributed by atoms with E-state index >= 15 is 0 Å². The fourth-order valence-electron chi connectivity index (χ4n) is 2.44. The average molecular weight is 343 g/mol. The summed E-state index contributed by atoms with van der Waals surface area (Å²) in [4.78, 5) is 2.20. The Morgan fingerprint density at radius 2 is 1.71 bits per heavy atom. The molecule has 2 aromatic carbocycles. The van der Waals surface area contributed by atoms with Crippen LogP contribution < -0.4 is 10.1 Å². The average Bonchev–Trinajstić information content (AvgIpc) is 2.58. The van der Waals surface area contributed by atoms with Crippen LogP contribution in [0.15, 0.2) is 48.5 Å². The van der Waals surface area contributed by atoms with Gasteiger partial charge in [0.1, 0.15) is 5.75 Å². The van der Waals surface area contributed by atoms with Crippen LogP contribution in [0.25, 0.3) is 0 Å². The Bertz CT molecular complexity index is 638. The predicted octanol–water partition coefficient (Wildman–Crippen LogP) is 5.00. The highest BCUT2D eigenvalue weighted by atomic mass is 32.1. The Kier molecular flexibility index (Phi) is 7.07. The second-order valence-corrected chi connectivity index (χ2v) is 6.18. The van der Waals surface area contributed by atoms with E-state index in [0.29, 0.717) is 6.61 Å². The van der Waals surface area contributed by atoms with Crippen LogP contribution in [0, 0.1) is 6.92 Å². The molecule has 0 spiro atoms. The molecule has 0 saturated carbocycles. The number of aryl methyl sites for hydroxylation is 1. The van der Waals surface area contributed by atoms with Crippen molar-refractivity contribution < 1.29 is 4.74 Å². The van der Waals surface area contributed by atoms with E-state index in [9.17, 15) is 0 Å². The highest BCUT2D eigenvalue weighted by molar-refractivity contribution is 7.80. The molecule has 0 saturated heterocycles.